The van der Waals surface area contributed by atoms with Crippen LogP contribution in [-0.4, -0.2) is 67.5 Å². The summed E-state index contributed by atoms with van der Waals surface area (Å²) in [6.45, 7) is 9.49. The number of nitrogens with one attached hydrogen (secondary N) is 1. The molecular weight excluding hydrogens is 266 g/mol. The van der Waals surface area contributed by atoms with Gasteiger partial charge in [0.2, 0.25) is 15.9 Å². The van der Waals surface area contributed by atoms with Crippen molar-refractivity contribution in [1.82, 2.24) is 14.5 Å². The van der Waals surface area contributed by atoms with Crippen molar-refractivity contribution in [3.63, 3.8) is 0 Å². The summed E-state index contributed by atoms with van der Waals surface area (Å²) in [6.07, 6.45) is 0. The summed E-state index contributed by atoms with van der Waals surface area (Å²) < 4.78 is 25.5. The number of hydrogen-bond acceptors (Lipinski definition) is 4. The smallest absolute Gasteiger partial charge is 0.239 e. The lowest BCUT2D eigenvalue weighted by Gasteiger charge is -2.36. The lowest BCUT2D eigenvalue weighted by Crippen LogP contribution is -2.57. The van der Waals surface area contributed by atoms with Gasteiger partial charge in [0, 0.05) is 38.3 Å². The molecule has 0 aromatic heterocycles. The van der Waals surface area contributed by atoms with E-state index < -0.39 is 15.8 Å². The van der Waals surface area contributed by atoms with Crippen molar-refractivity contribution in [3.8, 4) is 0 Å². The first-order chi connectivity index (χ1) is 8.80. The largest absolute Gasteiger partial charge is 0.339 e. The molecule has 1 saturated heterocycles. The third kappa shape index (κ3) is 4.43. The fourth-order valence-electron chi connectivity index (χ4n) is 2.49. The fourth-order valence-corrected chi connectivity index (χ4v) is 3.95. The fraction of sp³-hybridized carbons (Fsp3) is 0.917. The van der Waals surface area contributed by atoms with Gasteiger partial charge in [0.05, 0.1) is 0 Å². The van der Waals surface area contributed by atoms with Crippen LogP contribution in [-0.2, 0) is 14.8 Å². The highest BCUT2D eigenvalue weighted by molar-refractivity contribution is 7.89. The first kappa shape index (κ1) is 16.4. The third-order valence-electron chi connectivity index (χ3n) is 3.31. The van der Waals surface area contributed by atoms with Gasteiger partial charge in [0.15, 0.2) is 0 Å². The van der Waals surface area contributed by atoms with Crippen LogP contribution in [0.5, 0.6) is 0 Å². The molecular formula is C12H25N3O3S. The highest BCUT2D eigenvalue weighted by Gasteiger charge is 2.29. The third-order valence-corrected chi connectivity index (χ3v) is 5.23. The number of rotatable bonds is 5. The van der Waals surface area contributed by atoms with Crippen LogP contribution >= 0.6 is 0 Å². The zero-order chi connectivity index (χ0) is 14.6. The van der Waals surface area contributed by atoms with Crippen molar-refractivity contribution in [3.05, 3.63) is 0 Å². The van der Waals surface area contributed by atoms with E-state index >= 15 is 0 Å². The van der Waals surface area contributed by atoms with Crippen molar-refractivity contribution in [2.24, 2.45) is 0 Å². The number of nitrogens with zero attached hydrogens (tertiary/aromatic N) is 2. The first-order valence-corrected chi connectivity index (χ1v) is 8.42. The van der Waals surface area contributed by atoms with Gasteiger partial charge in [0.1, 0.15) is 5.75 Å². The highest BCUT2D eigenvalue weighted by Crippen LogP contribution is 2.08. The molecule has 0 unspecified atom stereocenters. The minimum absolute atomic E-state index is 0.198. The monoisotopic (exact) mass is 291 g/mol. The van der Waals surface area contributed by atoms with Crippen LogP contribution in [0.15, 0.2) is 0 Å². The van der Waals surface area contributed by atoms with Gasteiger partial charge in [-0.3, -0.25) is 4.79 Å². The number of carbonyl (C=O) groups is 1. The summed E-state index contributed by atoms with van der Waals surface area (Å²) in [7, 11) is -3.48. The van der Waals surface area contributed by atoms with E-state index in [-0.39, 0.29) is 18.0 Å². The summed E-state index contributed by atoms with van der Waals surface area (Å²) >= 11 is 0. The van der Waals surface area contributed by atoms with E-state index in [4.69, 9.17) is 0 Å². The number of piperazine rings is 1. The molecule has 6 nitrogen and oxygen atoms in total. The Morgan fingerprint density at radius 2 is 1.68 bits per heavy atom. The molecule has 2 atom stereocenters. The lowest BCUT2D eigenvalue weighted by molar-refractivity contribution is -0.130. The van der Waals surface area contributed by atoms with E-state index in [1.165, 1.54) is 4.31 Å². The maximum atomic E-state index is 12.1. The Bertz CT molecular complexity index is 396. The van der Waals surface area contributed by atoms with Crippen LogP contribution < -0.4 is 5.32 Å². The van der Waals surface area contributed by atoms with Gasteiger partial charge in [-0.25, -0.2) is 12.7 Å². The summed E-state index contributed by atoms with van der Waals surface area (Å²) in [5, 5.41) is 3.32. The van der Waals surface area contributed by atoms with E-state index in [1.807, 2.05) is 13.8 Å². The number of hydrogen-bond donors (Lipinski definition) is 1. The molecule has 1 fully saturated rings. The molecule has 19 heavy (non-hydrogen) atoms. The molecule has 112 valence electrons. The first-order valence-electron chi connectivity index (χ1n) is 6.81. The Morgan fingerprint density at radius 3 is 2.11 bits per heavy atom. The molecule has 0 bridgehead atoms. The molecule has 7 heteroatoms. The molecule has 1 aliphatic rings. The molecule has 1 N–H and O–H groups in total. The number of amides is 1. The van der Waals surface area contributed by atoms with Crippen LogP contribution in [0.4, 0.5) is 0 Å². The summed E-state index contributed by atoms with van der Waals surface area (Å²) in [5.41, 5.74) is 0. The Morgan fingerprint density at radius 1 is 1.21 bits per heavy atom. The van der Waals surface area contributed by atoms with Crippen LogP contribution in [0, 0.1) is 0 Å². The average Bonchev–Trinajstić information content (AvgIpc) is 2.28. The zero-order valence-electron chi connectivity index (χ0n) is 12.2. The zero-order valence-corrected chi connectivity index (χ0v) is 13.0. The van der Waals surface area contributed by atoms with E-state index in [9.17, 15) is 13.2 Å². The van der Waals surface area contributed by atoms with Crippen LogP contribution in [0.3, 0.4) is 0 Å². The Hall–Kier alpha value is -0.660. The predicted octanol–water partition coefficient (Wildman–Crippen LogP) is -0.133. The highest BCUT2D eigenvalue weighted by atomic mass is 32.2. The van der Waals surface area contributed by atoms with Gasteiger partial charge in [-0.1, -0.05) is 13.8 Å². The van der Waals surface area contributed by atoms with E-state index in [0.29, 0.717) is 26.2 Å². The van der Waals surface area contributed by atoms with Gasteiger partial charge in [-0.2, -0.15) is 0 Å². The van der Waals surface area contributed by atoms with E-state index in [0.717, 1.165) is 0 Å². The minimum Gasteiger partial charge on any atom is -0.339 e. The number of sulfonamides is 1. The standard InChI is InChI=1S/C12H25N3O3S/c1-5-15(6-2)19(17,18)9-12(16)14-7-10(3)13-11(4)8-14/h10-11,13H,5-9H2,1-4H3/t10-,11-/m0/s1. The molecule has 0 aromatic rings. The molecule has 1 heterocycles. The van der Waals surface area contributed by atoms with Gasteiger partial charge in [0.25, 0.3) is 0 Å². The van der Waals surface area contributed by atoms with Gasteiger partial charge >= 0.3 is 0 Å². The maximum absolute atomic E-state index is 12.1. The van der Waals surface area contributed by atoms with Gasteiger partial charge in [-0.05, 0) is 13.8 Å². The maximum Gasteiger partial charge on any atom is 0.239 e. The topological polar surface area (TPSA) is 69.7 Å². The Labute approximate surface area is 116 Å². The molecule has 0 aromatic carbocycles. The molecule has 0 aliphatic carbocycles. The van der Waals surface area contributed by atoms with Crippen molar-refractivity contribution in [1.29, 1.82) is 0 Å². The van der Waals surface area contributed by atoms with Crippen LogP contribution in [0.25, 0.3) is 0 Å². The molecule has 1 aliphatic heterocycles. The SMILES string of the molecule is CCN(CC)S(=O)(=O)CC(=O)N1C[C@H](C)N[C@@H](C)C1. The average molecular weight is 291 g/mol. The second-order valence-electron chi connectivity index (χ2n) is 5.11. The second kappa shape index (κ2) is 6.67. The minimum atomic E-state index is -3.48. The van der Waals surface area contributed by atoms with E-state index in [2.05, 4.69) is 5.32 Å². The normalized spacial score (nSPS) is 24.8. The molecule has 0 saturated carbocycles. The van der Waals surface area contributed by atoms with Gasteiger partial charge in [-0.15, -0.1) is 0 Å². The second-order valence-corrected chi connectivity index (χ2v) is 7.08. The quantitative estimate of drug-likeness (QED) is 0.766. The Kier molecular flexibility index (Phi) is 5.76. The molecule has 1 rings (SSSR count). The summed E-state index contributed by atoms with van der Waals surface area (Å²) in [4.78, 5) is 13.8. The van der Waals surface area contributed by atoms with Crippen LogP contribution in [0.2, 0.25) is 0 Å². The lowest BCUT2D eigenvalue weighted by atomic mass is 10.1. The summed E-state index contributed by atoms with van der Waals surface area (Å²) in [5.74, 6) is -0.721. The molecule has 1 amide bonds. The van der Waals surface area contributed by atoms with Gasteiger partial charge < -0.3 is 10.2 Å². The van der Waals surface area contributed by atoms with Crippen molar-refractivity contribution in [2.75, 3.05) is 31.9 Å². The predicted molar refractivity (Wildman–Crippen MR) is 75.3 cm³/mol. The molecule has 0 spiro atoms. The van der Waals surface area contributed by atoms with Crippen molar-refractivity contribution in [2.45, 2.75) is 39.8 Å². The van der Waals surface area contributed by atoms with Crippen molar-refractivity contribution >= 4 is 15.9 Å². The Balaban J connectivity index is 2.69. The number of carbonyl (C=O) groups excluding carboxylic acids is 1. The van der Waals surface area contributed by atoms with Crippen LogP contribution in [0.1, 0.15) is 27.7 Å². The molecule has 0 radical (unpaired) electrons. The summed E-state index contributed by atoms with van der Waals surface area (Å²) in [6, 6.07) is 0.396. The van der Waals surface area contributed by atoms with E-state index in [1.54, 1.807) is 18.7 Å². The van der Waals surface area contributed by atoms with Crippen molar-refractivity contribution < 1.29 is 13.2 Å².